The van der Waals surface area contributed by atoms with Gasteiger partial charge in [-0.05, 0) is 122 Å². The van der Waals surface area contributed by atoms with E-state index in [0.29, 0.717) is 38.0 Å². The highest BCUT2D eigenvalue weighted by Gasteiger charge is 2.32. The van der Waals surface area contributed by atoms with Crippen LogP contribution in [0.4, 0.5) is 9.59 Å². The molecule has 0 atom stereocenters. The SMILES string of the molecule is CC1CCN(C(=O)c2ccc3[nH]c4c(c3c2)CN(C(=O)OC(C)(C)C)CC4)CC1.CCCn1c2c(c3cc(C(=O)N4CCC(C)CC4)ccc31)CN(C(=O)OC(C)(C)C)CC2. The Hall–Kier alpha value is -5.00. The molecule has 12 nitrogen and oxygen atoms in total. The van der Waals surface area contributed by atoms with Crippen LogP contribution in [0.3, 0.4) is 0 Å². The molecule has 0 bridgehead atoms. The Balaban J connectivity index is 0.000000185. The number of hydrogen-bond donors (Lipinski definition) is 1. The van der Waals surface area contributed by atoms with Gasteiger partial charge in [0.1, 0.15) is 11.2 Å². The number of aryl methyl sites for hydroxylation is 1. The number of likely N-dealkylation sites (tertiary alicyclic amines) is 2. The Labute approximate surface area is 361 Å². The molecular formula is C49H68N6O6. The smallest absolute Gasteiger partial charge is 0.410 e. The number of fused-ring (bicyclic) bond motifs is 6. The van der Waals surface area contributed by atoms with Gasteiger partial charge >= 0.3 is 12.2 Å². The van der Waals surface area contributed by atoms with E-state index in [1.165, 1.54) is 5.69 Å². The molecule has 0 spiro atoms. The van der Waals surface area contributed by atoms with Crippen LogP contribution >= 0.6 is 0 Å². The number of ether oxygens (including phenoxy) is 2. The van der Waals surface area contributed by atoms with E-state index in [4.69, 9.17) is 9.47 Å². The summed E-state index contributed by atoms with van der Waals surface area (Å²) in [4.78, 5) is 62.4. The topological polar surface area (TPSA) is 120 Å². The predicted molar refractivity (Wildman–Crippen MR) is 240 cm³/mol. The minimum atomic E-state index is -0.515. The maximum atomic E-state index is 13.2. The van der Waals surface area contributed by atoms with E-state index in [-0.39, 0.29) is 24.0 Å². The van der Waals surface area contributed by atoms with Crippen LogP contribution in [0.25, 0.3) is 21.8 Å². The number of piperidine rings is 2. The normalized spacial score (nSPS) is 17.8. The van der Waals surface area contributed by atoms with Crippen LogP contribution in [-0.4, -0.2) is 104 Å². The number of carbonyl (C=O) groups is 4. The van der Waals surface area contributed by atoms with Crippen molar-refractivity contribution in [1.29, 1.82) is 0 Å². The van der Waals surface area contributed by atoms with Gasteiger partial charge in [-0.25, -0.2) is 9.59 Å². The van der Waals surface area contributed by atoms with Gasteiger partial charge in [-0.2, -0.15) is 0 Å². The van der Waals surface area contributed by atoms with Gasteiger partial charge in [0.2, 0.25) is 0 Å². The molecule has 0 saturated carbocycles. The number of nitrogens with one attached hydrogen (secondary N) is 1. The lowest BCUT2D eigenvalue weighted by Crippen LogP contribution is -2.40. The summed E-state index contributed by atoms with van der Waals surface area (Å²) in [6, 6.07) is 12.0. The largest absolute Gasteiger partial charge is 0.444 e. The Morgan fingerprint density at radius 1 is 0.639 bits per heavy atom. The molecule has 2 aromatic heterocycles. The maximum Gasteiger partial charge on any atom is 0.410 e. The third-order valence-electron chi connectivity index (χ3n) is 12.6. The highest BCUT2D eigenvalue weighted by molar-refractivity contribution is 6.00. The summed E-state index contributed by atoms with van der Waals surface area (Å²) in [5, 5.41) is 2.13. The summed E-state index contributed by atoms with van der Waals surface area (Å²) in [5.74, 6) is 1.61. The Kier molecular flexibility index (Phi) is 12.8. The highest BCUT2D eigenvalue weighted by Crippen LogP contribution is 2.34. The van der Waals surface area contributed by atoms with E-state index in [1.54, 1.807) is 9.80 Å². The van der Waals surface area contributed by atoms with Gasteiger partial charge in [0.25, 0.3) is 11.8 Å². The molecule has 0 unspecified atom stereocenters. The molecule has 0 aliphatic carbocycles. The molecule has 12 heteroatoms. The zero-order valence-electron chi connectivity index (χ0n) is 38.1. The fraction of sp³-hybridized carbons (Fsp3) is 0.592. The van der Waals surface area contributed by atoms with Gasteiger partial charge in [0.05, 0.1) is 13.1 Å². The van der Waals surface area contributed by atoms with Crippen molar-refractivity contribution >= 4 is 45.8 Å². The van der Waals surface area contributed by atoms with Crippen LogP contribution in [0, 0.1) is 11.8 Å². The number of carbonyl (C=O) groups excluding carboxylic acids is 4. The minimum Gasteiger partial charge on any atom is -0.444 e. The fourth-order valence-electron chi connectivity index (χ4n) is 9.16. The Morgan fingerprint density at radius 3 is 1.66 bits per heavy atom. The summed E-state index contributed by atoms with van der Waals surface area (Å²) in [6.45, 7) is 24.6. The highest BCUT2D eigenvalue weighted by atomic mass is 16.6. The summed E-state index contributed by atoms with van der Waals surface area (Å²) in [5.41, 5.74) is 7.32. The molecule has 4 aliphatic heterocycles. The first-order valence-electron chi connectivity index (χ1n) is 22.7. The molecule has 2 aromatic carbocycles. The zero-order chi connectivity index (χ0) is 43.8. The number of amides is 4. The molecule has 2 saturated heterocycles. The van der Waals surface area contributed by atoms with E-state index in [9.17, 15) is 19.2 Å². The van der Waals surface area contributed by atoms with Gasteiger partial charge < -0.3 is 38.6 Å². The summed E-state index contributed by atoms with van der Waals surface area (Å²) >= 11 is 0. The second kappa shape index (κ2) is 17.8. The van der Waals surface area contributed by atoms with Crippen molar-refractivity contribution in [2.24, 2.45) is 11.8 Å². The lowest BCUT2D eigenvalue weighted by molar-refractivity contribution is 0.0213. The Morgan fingerprint density at radius 2 is 1.13 bits per heavy atom. The van der Waals surface area contributed by atoms with Crippen LogP contribution in [0.1, 0.15) is 138 Å². The van der Waals surface area contributed by atoms with E-state index < -0.39 is 11.2 Å². The fourth-order valence-corrected chi connectivity index (χ4v) is 9.16. The predicted octanol–water partition coefficient (Wildman–Crippen LogP) is 9.55. The van der Waals surface area contributed by atoms with Crippen molar-refractivity contribution < 1.29 is 28.7 Å². The molecule has 4 amide bonds. The van der Waals surface area contributed by atoms with Crippen LogP contribution in [-0.2, 0) is 41.9 Å². The number of benzene rings is 2. The van der Waals surface area contributed by atoms with Gasteiger partial charge in [-0.3, -0.25) is 9.59 Å². The number of rotatable bonds is 4. The number of aromatic nitrogens is 2. The molecule has 4 aliphatic rings. The lowest BCUT2D eigenvalue weighted by Gasteiger charge is -2.31. The lowest BCUT2D eigenvalue weighted by atomic mass is 9.98. The minimum absolute atomic E-state index is 0.105. The second-order valence-corrected chi connectivity index (χ2v) is 19.9. The van der Waals surface area contributed by atoms with E-state index in [0.717, 1.165) is 127 Å². The number of hydrogen-bond acceptors (Lipinski definition) is 6. The van der Waals surface area contributed by atoms with Gasteiger partial charge in [0, 0.05) is 114 Å². The van der Waals surface area contributed by atoms with Crippen molar-refractivity contribution in [3.8, 4) is 0 Å². The summed E-state index contributed by atoms with van der Waals surface area (Å²) in [7, 11) is 0. The average Bonchev–Trinajstić information content (AvgIpc) is 3.74. The van der Waals surface area contributed by atoms with Crippen molar-refractivity contribution in [1.82, 2.24) is 29.2 Å². The van der Waals surface area contributed by atoms with Crippen LogP contribution in [0.15, 0.2) is 36.4 Å². The maximum absolute atomic E-state index is 13.2. The summed E-state index contributed by atoms with van der Waals surface area (Å²) in [6.07, 6.45) is 6.33. The van der Waals surface area contributed by atoms with E-state index >= 15 is 0 Å². The molecular weight excluding hydrogens is 769 g/mol. The van der Waals surface area contributed by atoms with Crippen molar-refractivity contribution in [3.63, 3.8) is 0 Å². The molecule has 6 heterocycles. The molecule has 0 radical (unpaired) electrons. The molecule has 330 valence electrons. The third-order valence-corrected chi connectivity index (χ3v) is 12.6. The number of H-pyrrole nitrogens is 1. The first-order valence-corrected chi connectivity index (χ1v) is 22.7. The average molecular weight is 837 g/mol. The van der Waals surface area contributed by atoms with E-state index in [2.05, 4.69) is 42.5 Å². The van der Waals surface area contributed by atoms with Crippen LogP contribution in [0.2, 0.25) is 0 Å². The summed E-state index contributed by atoms with van der Waals surface area (Å²) < 4.78 is 13.6. The quantitative estimate of drug-likeness (QED) is 0.219. The van der Waals surface area contributed by atoms with Gasteiger partial charge in [0.15, 0.2) is 0 Å². The van der Waals surface area contributed by atoms with Crippen LogP contribution < -0.4 is 0 Å². The van der Waals surface area contributed by atoms with Crippen molar-refractivity contribution in [2.45, 2.75) is 138 Å². The van der Waals surface area contributed by atoms with Crippen LogP contribution in [0.5, 0.6) is 0 Å². The molecule has 2 fully saturated rings. The Bertz CT molecular complexity index is 2260. The standard InChI is InChI=1S/C26H37N3O3.C23H31N3O3/c1-6-12-29-22-8-7-19(24(30)27-13-9-18(2)10-14-27)16-20(22)21-17-28(15-11-23(21)29)25(31)32-26(3,4)5;1-15-7-10-25(11-8-15)21(27)16-5-6-19-17(13-16)18-14-26(12-9-20(18)24-19)22(28)29-23(2,3)4/h7-8,16,18H,6,9-15,17H2,1-5H3;5-6,13,15,24H,7-12,14H2,1-4H3. The molecule has 8 rings (SSSR count). The van der Waals surface area contributed by atoms with Crippen molar-refractivity contribution in [3.05, 3.63) is 70.0 Å². The zero-order valence-corrected chi connectivity index (χ0v) is 38.1. The molecule has 4 aromatic rings. The molecule has 61 heavy (non-hydrogen) atoms. The van der Waals surface area contributed by atoms with E-state index in [1.807, 2.05) is 75.6 Å². The number of nitrogens with zero attached hydrogens (tertiary/aromatic N) is 5. The van der Waals surface area contributed by atoms with Gasteiger partial charge in [-0.1, -0.05) is 20.8 Å². The third kappa shape index (κ3) is 10.0. The van der Waals surface area contributed by atoms with Gasteiger partial charge in [-0.15, -0.1) is 0 Å². The monoisotopic (exact) mass is 837 g/mol. The number of aromatic amines is 1. The van der Waals surface area contributed by atoms with Crippen molar-refractivity contribution in [2.75, 3.05) is 39.3 Å². The first kappa shape index (κ1) is 44.1. The first-order chi connectivity index (χ1) is 28.9. The molecule has 1 N–H and O–H groups in total. The second-order valence-electron chi connectivity index (χ2n) is 19.9.